The summed E-state index contributed by atoms with van der Waals surface area (Å²) in [6, 6.07) is 2.97. The molecule has 1 aromatic rings. The monoisotopic (exact) mass is 343 g/mol. The third kappa shape index (κ3) is 5.16. The molecule has 0 aliphatic carbocycles. The SMILES string of the molecule is CC(C)(C)C(COC(N)=O)NC(=O)c1ccc(Br)cn1. The molecule has 0 saturated heterocycles. The van der Waals surface area contributed by atoms with Crippen molar-refractivity contribution in [3.05, 3.63) is 28.5 Å². The molecule has 0 aromatic carbocycles. The van der Waals surface area contributed by atoms with Crippen molar-refractivity contribution in [1.82, 2.24) is 10.3 Å². The molecule has 20 heavy (non-hydrogen) atoms. The van der Waals surface area contributed by atoms with Crippen LogP contribution in [0.15, 0.2) is 22.8 Å². The Kier molecular flexibility index (Phi) is 5.50. The predicted molar refractivity (Wildman–Crippen MR) is 78.2 cm³/mol. The highest BCUT2D eigenvalue weighted by molar-refractivity contribution is 9.10. The zero-order chi connectivity index (χ0) is 15.3. The van der Waals surface area contributed by atoms with E-state index < -0.39 is 6.09 Å². The molecule has 0 bridgehead atoms. The van der Waals surface area contributed by atoms with Crippen LogP contribution in [0.1, 0.15) is 31.3 Å². The Morgan fingerprint density at radius 2 is 2.10 bits per heavy atom. The normalized spacial score (nSPS) is 12.6. The number of carbonyl (C=O) groups is 2. The highest BCUT2D eigenvalue weighted by Crippen LogP contribution is 2.20. The number of rotatable bonds is 4. The Hall–Kier alpha value is -1.63. The zero-order valence-corrected chi connectivity index (χ0v) is 13.2. The number of ether oxygens (including phenoxy) is 1. The van der Waals surface area contributed by atoms with Gasteiger partial charge in [0.05, 0.1) is 6.04 Å². The van der Waals surface area contributed by atoms with Gasteiger partial charge in [-0.3, -0.25) is 4.79 Å². The van der Waals surface area contributed by atoms with Crippen molar-refractivity contribution in [3.8, 4) is 0 Å². The van der Waals surface area contributed by atoms with Gasteiger partial charge in [0.15, 0.2) is 0 Å². The van der Waals surface area contributed by atoms with Gasteiger partial charge in [0.25, 0.3) is 5.91 Å². The molecular formula is C13H18BrN3O3. The van der Waals surface area contributed by atoms with Crippen LogP contribution in [0.5, 0.6) is 0 Å². The van der Waals surface area contributed by atoms with Crippen LogP contribution in [0.4, 0.5) is 4.79 Å². The summed E-state index contributed by atoms with van der Waals surface area (Å²) in [7, 11) is 0. The molecule has 1 unspecified atom stereocenters. The van der Waals surface area contributed by atoms with E-state index in [9.17, 15) is 9.59 Å². The molecule has 1 rings (SSSR count). The van der Waals surface area contributed by atoms with Crippen LogP contribution in [0.25, 0.3) is 0 Å². The summed E-state index contributed by atoms with van der Waals surface area (Å²) in [6.45, 7) is 5.80. The number of halogens is 1. The third-order valence-corrected chi connectivity index (χ3v) is 3.17. The second-order valence-corrected chi connectivity index (χ2v) is 6.30. The first-order valence-electron chi connectivity index (χ1n) is 6.05. The van der Waals surface area contributed by atoms with E-state index in [-0.39, 0.29) is 24.0 Å². The quantitative estimate of drug-likeness (QED) is 0.874. The number of aromatic nitrogens is 1. The molecule has 7 heteroatoms. The Bertz CT molecular complexity index is 483. The first-order valence-corrected chi connectivity index (χ1v) is 6.84. The van der Waals surface area contributed by atoms with Gasteiger partial charge in [0.1, 0.15) is 12.3 Å². The number of nitrogens with two attached hydrogens (primary N) is 1. The van der Waals surface area contributed by atoms with Crippen molar-refractivity contribution in [2.45, 2.75) is 26.8 Å². The highest BCUT2D eigenvalue weighted by Gasteiger charge is 2.28. The second-order valence-electron chi connectivity index (χ2n) is 5.38. The molecule has 0 aliphatic heterocycles. The van der Waals surface area contributed by atoms with E-state index in [2.05, 4.69) is 26.2 Å². The van der Waals surface area contributed by atoms with Crippen LogP contribution in [-0.2, 0) is 4.74 Å². The van der Waals surface area contributed by atoms with Crippen LogP contribution >= 0.6 is 15.9 Å². The minimum atomic E-state index is -0.865. The lowest BCUT2D eigenvalue weighted by Gasteiger charge is -2.30. The van der Waals surface area contributed by atoms with Crippen LogP contribution in [0.3, 0.4) is 0 Å². The first kappa shape index (κ1) is 16.4. The van der Waals surface area contributed by atoms with E-state index in [0.29, 0.717) is 5.69 Å². The molecule has 110 valence electrons. The lowest BCUT2D eigenvalue weighted by Crippen LogP contribution is -2.47. The summed E-state index contributed by atoms with van der Waals surface area (Å²) in [5, 5.41) is 2.80. The number of carbonyl (C=O) groups excluding carboxylic acids is 2. The van der Waals surface area contributed by atoms with E-state index in [0.717, 1.165) is 4.47 Å². The number of nitrogens with zero attached hydrogens (tertiary/aromatic N) is 1. The fraction of sp³-hybridized carbons (Fsp3) is 0.462. The average Bonchev–Trinajstić information content (AvgIpc) is 2.33. The van der Waals surface area contributed by atoms with E-state index in [1.807, 2.05) is 20.8 Å². The minimum Gasteiger partial charge on any atom is -0.448 e. The number of primary amides is 1. The van der Waals surface area contributed by atoms with Crippen LogP contribution in [0.2, 0.25) is 0 Å². The van der Waals surface area contributed by atoms with E-state index in [1.54, 1.807) is 18.3 Å². The molecule has 1 aromatic heterocycles. The van der Waals surface area contributed by atoms with Crippen molar-refractivity contribution >= 4 is 27.9 Å². The number of hydrogen-bond acceptors (Lipinski definition) is 4. The largest absolute Gasteiger partial charge is 0.448 e. The molecule has 3 N–H and O–H groups in total. The van der Waals surface area contributed by atoms with Crippen molar-refractivity contribution in [3.63, 3.8) is 0 Å². The molecule has 2 amide bonds. The molecule has 1 atom stereocenters. The molecule has 0 spiro atoms. The van der Waals surface area contributed by atoms with Gasteiger partial charge in [-0.15, -0.1) is 0 Å². The maximum absolute atomic E-state index is 12.1. The van der Waals surface area contributed by atoms with Crippen molar-refractivity contribution < 1.29 is 14.3 Å². The Labute approximate surface area is 126 Å². The average molecular weight is 344 g/mol. The van der Waals surface area contributed by atoms with Crippen LogP contribution in [0, 0.1) is 5.41 Å². The zero-order valence-electron chi connectivity index (χ0n) is 11.6. The van der Waals surface area contributed by atoms with Crippen molar-refractivity contribution in [2.24, 2.45) is 11.1 Å². The highest BCUT2D eigenvalue weighted by atomic mass is 79.9. The van der Waals surface area contributed by atoms with Crippen LogP contribution in [-0.4, -0.2) is 29.6 Å². The summed E-state index contributed by atoms with van der Waals surface area (Å²) < 4.78 is 5.57. The number of pyridine rings is 1. The lowest BCUT2D eigenvalue weighted by atomic mass is 9.87. The van der Waals surface area contributed by atoms with Crippen molar-refractivity contribution in [1.29, 1.82) is 0 Å². The number of hydrogen-bond donors (Lipinski definition) is 2. The predicted octanol–water partition coefficient (Wildman–Crippen LogP) is 2.08. The maximum Gasteiger partial charge on any atom is 0.404 e. The van der Waals surface area contributed by atoms with E-state index in [1.165, 1.54) is 0 Å². The summed E-state index contributed by atoms with van der Waals surface area (Å²) in [5.74, 6) is -0.328. The molecular weight excluding hydrogens is 326 g/mol. The number of amides is 2. The second kappa shape index (κ2) is 6.69. The smallest absolute Gasteiger partial charge is 0.404 e. The van der Waals surface area contributed by atoms with Gasteiger partial charge in [0.2, 0.25) is 0 Å². The summed E-state index contributed by atoms with van der Waals surface area (Å²) >= 11 is 3.25. The fourth-order valence-electron chi connectivity index (χ4n) is 1.42. The van der Waals surface area contributed by atoms with E-state index >= 15 is 0 Å². The van der Waals surface area contributed by atoms with Crippen LogP contribution < -0.4 is 11.1 Å². The molecule has 1 heterocycles. The van der Waals surface area contributed by atoms with Gasteiger partial charge >= 0.3 is 6.09 Å². The van der Waals surface area contributed by atoms with Crippen molar-refractivity contribution in [2.75, 3.05) is 6.61 Å². The molecule has 0 radical (unpaired) electrons. The van der Waals surface area contributed by atoms with E-state index in [4.69, 9.17) is 10.5 Å². The molecule has 6 nitrogen and oxygen atoms in total. The minimum absolute atomic E-state index is 0.0150. The maximum atomic E-state index is 12.1. The molecule has 0 aliphatic rings. The topological polar surface area (TPSA) is 94.3 Å². The van der Waals surface area contributed by atoms with Gasteiger partial charge in [-0.2, -0.15) is 0 Å². The van der Waals surface area contributed by atoms with Gasteiger partial charge < -0.3 is 15.8 Å². The summed E-state index contributed by atoms with van der Waals surface area (Å²) in [6.07, 6.45) is 0.677. The van der Waals surface area contributed by atoms with Gasteiger partial charge in [-0.1, -0.05) is 20.8 Å². The first-order chi connectivity index (χ1) is 9.20. The fourth-order valence-corrected chi connectivity index (χ4v) is 1.65. The number of nitrogens with one attached hydrogen (secondary N) is 1. The summed E-state index contributed by atoms with van der Waals surface area (Å²) in [5.41, 5.74) is 4.95. The Morgan fingerprint density at radius 1 is 1.45 bits per heavy atom. The lowest BCUT2D eigenvalue weighted by molar-refractivity contribution is 0.0799. The Balaban J connectivity index is 2.76. The van der Waals surface area contributed by atoms with Gasteiger partial charge in [-0.05, 0) is 33.5 Å². The Morgan fingerprint density at radius 3 is 2.55 bits per heavy atom. The molecule has 0 fully saturated rings. The third-order valence-electron chi connectivity index (χ3n) is 2.70. The standard InChI is InChI=1S/C13H18BrN3O3/c1-13(2,3)10(7-20-12(15)19)17-11(18)9-5-4-8(14)6-16-9/h4-6,10H,7H2,1-3H3,(H2,15,19)(H,17,18). The summed E-state index contributed by atoms with van der Waals surface area (Å²) in [4.78, 5) is 26.8. The van der Waals surface area contributed by atoms with Gasteiger partial charge in [0, 0.05) is 10.7 Å². The van der Waals surface area contributed by atoms with Gasteiger partial charge in [-0.25, -0.2) is 9.78 Å². The molecule has 0 saturated carbocycles.